The molecule has 0 N–H and O–H groups in total. The van der Waals surface area contributed by atoms with Crippen molar-refractivity contribution in [1.29, 1.82) is 0 Å². The van der Waals surface area contributed by atoms with E-state index >= 15 is 0 Å². The molecule has 0 unspecified atom stereocenters. The summed E-state index contributed by atoms with van der Waals surface area (Å²) < 4.78 is 22.2. The van der Waals surface area contributed by atoms with Crippen LogP contribution in [0, 0.1) is 17.5 Å². The molecule has 0 atom stereocenters. The van der Waals surface area contributed by atoms with Gasteiger partial charge in [-0.2, -0.15) is 0 Å². The van der Waals surface area contributed by atoms with Crippen LogP contribution in [0.15, 0.2) is 170 Å². The maximum atomic E-state index is 8.75. The molecule has 3 aromatic heterocycles. The van der Waals surface area contributed by atoms with E-state index in [0.29, 0.717) is 11.8 Å². The summed E-state index contributed by atoms with van der Waals surface area (Å²) in [5, 5.41) is 3.51. The van der Waals surface area contributed by atoms with Crippen LogP contribution >= 0.6 is 0 Å². The van der Waals surface area contributed by atoms with Crippen LogP contribution in [0.1, 0.15) is 79.7 Å². The molecule has 0 bridgehead atoms. The molecule has 1 radical (unpaired) electrons. The van der Waals surface area contributed by atoms with Gasteiger partial charge in [0.05, 0.1) is 24.9 Å². The first-order valence-corrected chi connectivity index (χ1v) is 27.1. The van der Waals surface area contributed by atoms with Crippen molar-refractivity contribution in [3.05, 3.63) is 199 Å². The molecule has 0 fully saturated rings. The third kappa shape index (κ3) is 9.87. The molecule has 0 saturated carbocycles. The van der Waals surface area contributed by atoms with Crippen LogP contribution in [0.3, 0.4) is 0 Å². The van der Waals surface area contributed by atoms with Gasteiger partial charge in [0, 0.05) is 45.9 Å². The number of aromatic nitrogens is 4. The molecule has 0 saturated heterocycles. The maximum absolute atomic E-state index is 8.75. The normalized spacial score (nSPS) is 12.5. The first-order chi connectivity index (χ1) is 32.9. The monoisotopic (exact) mass is 1090 g/mol. The SMILES string of the molecule is CC(C)c1cc(-c2ccccc2)cc(C(C)C)c1-n1c(-c2[c-]cc3c(c2)c2ccccc2n3-c2ccccc2)nc2ccccc21.[2H]C([2H])(c1cc(-c2[c-]cccc2)ncc1[Si](C)(C)C)C(C)(C)C.[Ir]. The zero-order chi connectivity index (χ0) is 48.8. The fraction of sp³-hybridized carbons (Fsp3) is 0.226. The van der Waals surface area contributed by atoms with Crippen LogP contribution < -0.4 is 5.19 Å². The Hall–Kier alpha value is -6.17. The van der Waals surface area contributed by atoms with Crippen LogP contribution in [0.5, 0.6) is 0 Å². The molecular weight excluding hydrogens is 1020 g/mol. The van der Waals surface area contributed by atoms with Crippen molar-refractivity contribution in [3.63, 3.8) is 0 Å². The fourth-order valence-corrected chi connectivity index (χ4v) is 10.6. The first kappa shape index (κ1) is 45.6. The third-order valence-electron chi connectivity index (χ3n) is 12.4. The summed E-state index contributed by atoms with van der Waals surface area (Å²) in [6, 6.07) is 64.3. The number of fused-ring (bicyclic) bond motifs is 4. The van der Waals surface area contributed by atoms with Gasteiger partial charge in [-0.1, -0.05) is 164 Å². The van der Waals surface area contributed by atoms with E-state index in [1.807, 2.05) is 57.3 Å². The smallest absolute Gasteiger partial charge is 0.0798 e. The minimum atomic E-state index is -1.70. The molecule has 10 aromatic rings. The van der Waals surface area contributed by atoms with Crippen molar-refractivity contribution in [2.24, 2.45) is 5.41 Å². The van der Waals surface area contributed by atoms with Gasteiger partial charge in [-0.3, -0.25) is 4.98 Å². The number of hydrogen-bond donors (Lipinski definition) is 0. The molecule has 0 aliphatic heterocycles. The number of benzene rings is 7. The van der Waals surface area contributed by atoms with Gasteiger partial charge in [-0.25, -0.2) is 0 Å². The summed E-state index contributed by atoms with van der Waals surface area (Å²) in [5.74, 6) is 1.52. The van der Waals surface area contributed by atoms with Crippen molar-refractivity contribution < 1.29 is 22.8 Å². The minimum absolute atomic E-state index is 0. The van der Waals surface area contributed by atoms with Crippen LogP contribution in [0.4, 0.5) is 0 Å². The largest absolute Gasteiger partial charge is 0.351 e. The first-order valence-electron chi connectivity index (χ1n) is 24.6. The van der Waals surface area contributed by atoms with Gasteiger partial charge in [0.2, 0.25) is 0 Å². The number of nitrogens with zero attached hydrogens (tertiary/aromatic N) is 4. The Morgan fingerprint density at radius 2 is 1.24 bits per heavy atom. The number of pyridine rings is 1. The van der Waals surface area contributed by atoms with Gasteiger partial charge >= 0.3 is 0 Å². The Kier molecular flexibility index (Phi) is 13.3. The average molecular weight is 1090 g/mol. The molecule has 10 rings (SSSR count). The summed E-state index contributed by atoms with van der Waals surface area (Å²) in [4.78, 5) is 9.93. The van der Waals surface area contributed by atoms with Gasteiger partial charge in [0.1, 0.15) is 0 Å². The predicted octanol–water partition coefficient (Wildman–Crippen LogP) is 16.2. The number of para-hydroxylation sites is 4. The van der Waals surface area contributed by atoms with Gasteiger partial charge in [-0.15, -0.1) is 59.7 Å². The topological polar surface area (TPSA) is 35.6 Å². The molecule has 0 spiro atoms. The van der Waals surface area contributed by atoms with Gasteiger partial charge < -0.3 is 14.1 Å². The Morgan fingerprint density at radius 3 is 1.87 bits per heavy atom. The molecule has 0 aliphatic rings. The van der Waals surface area contributed by atoms with Gasteiger partial charge in [0.15, 0.2) is 0 Å². The van der Waals surface area contributed by atoms with Gasteiger partial charge in [-0.05, 0) is 110 Å². The molecule has 345 valence electrons. The average Bonchev–Trinajstić information content (AvgIpc) is 3.89. The van der Waals surface area contributed by atoms with E-state index < -0.39 is 19.9 Å². The van der Waals surface area contributed by atoms with E-state index in [0.717, 1.165) is 55.6 Å². The summed E-state index contributed by atoms with van der Waals surface area (Å²) >= 11 is 0. The minimum Gasteiger partial charge on any atom is -0.351 e. The fourth-order valence-electron chi connectivity index (χ4n) is 9.20. The van der Waals surface area contributed by atoms with E-state index in [1.165, 1.54) is 44.2 Å². The Morgan fingerprint density at radius 1 is 0.618 bits per heavy atom. The van der Waals surface area contributed by atoms with Crippen LogP contribution in [0.25, 0.3) is 78.0 Å². The van der Waals surface area contributed by atoms with E-state index in [1.54, 1.807) is 0 Å². The molecule has 68 heavy (non-hydrogen) atoms. The zero-order valence-electron chi connectivity index (χ0n) is 42.9. The number of hydrogen-bond acceptors (Lipinski definition) is 2. The van der Waals surface area contributed by atoms with E-state index in [4.69, 9.17) is 7.73 Å². The summed E-state index contributed by atoms with van der Waals surface area (Å²) in [7, 11) is -1.70. The molecule has 6 heteroatoms. The molecule has 0 aliphatic carbocycles. The summed E-state index contributed by atoms with van der Waals surface area (Å²) in [5.41, 5.74) is 14.9. The molecule has 4 nitrogen and oxygen atoms in total. The third-order valence-corrected chi connectivity index (χ3v) is 14.4. The van der Waals surface area contributed by atoms with Crippen molar-refractivity contribution in [2.45, 2.75) is 86.3 Å². The summed E-state index contributed by atoms with van der Waals surface area (Å²) in [6.45, 7) is 21.8. The Bertz CT molecular complexity index is 3410. The van der Waals surface area contributed by atoms with E-state index in [-0.39, 0.29) is 20.1 Å². The predicted molar refractivity (Wildman–Crippen MR) is 288 cm³/mol. The number of rotatable bonds is 9. The van der Waals surface area contributed by atoms with Crippen molar-refractivity contribution in [1.82, 2.24) is 19.1 Å². The Balaban J connectivity index is 0.000000233. The summed E-state index contributed by atoms with van der Waals surface area (Å²) in [6.07, 6.45) is 0.469. The second kappa shape index (κ2) is 19.8. The van der Waals surface area contributed by atoms with Crippen molar-refractivity contribution in [3.8, 4) is 45.1 Å². The van der Waals surface area contributed by atoms with Gasteiger partial charge in [0.25, 0.3) is 0 Å². The second-order valence-corrected chi connectivity index (χ2v) is 25.3. The van der Waals surface area contributed by atoms with Crippen molar-refractivity contribution >= 4 is 46.1 Å². The molecule has 0 amide bonds. The maximum Gasteiger partial charge on any atom is 0.0798 e. The van der Waals surface area contributed by atoms with Crippen LogP contribution in [-0.2, 0) is 26.5 Å². The second-order valence-electron chi connectivity index (χ2n) is 20.3. The Labute approximate surface area is 421 Å². The van der Waals surface area contributed by atoms with Crippen LogP contribution in [0.2, 0.25) is 19.6 Å². The molecule has 3 heterocycles. The van der Waals surface area contributed by atoms with E-state index in [2.05, 4.69) is 207 Å². The molecular formula is C62H62IrN4Si-2. The van der Waals surface area contributed by atoms with Crippen LogP contribution in [-0.4, -0.2) is 27.2 Å². The number of imidazole rings is 1. The zero-order valence-corrected chi connectivity index (χ0v) is 44.3. The van der Waals surface area contributed by atoms with E-state index in [9.17, 15) is 0 Å². The molecule has 7 aromatic carbocycles. The quantitative estimate of drug-likeness (QED) is 0.107. The standard InChI is InChI=1S/C43H36N3.C19H26NSi.Ir/c1-28(2)35-26-32(30-15-7-5-8-16-30)27-36(29(3)4)42(35)46-41-22-14-12-20-38(41)44-43(46)31-23-24-40-37(25-31)34-19-11-13-21-39(34)45(40)33-17-9-6-10-18-33;1-19(2,3)13-16-12-17(15-10-8-7-9-11-15)20-14-18(16)21(4,5)6;/h5-22,24-29H,1-4H3;7-10,12,14H,13H2,1-6H3;/q2*-1;/i;13D2;. The van der Waals surface area contributed by atoms with Crippen molar-refractivity contribution in [2.75, 3.05) is 0 Å².